The molecule has 0 bridgehead atoms. The number of aromatic nitrogens is 3. The predicted molar refractivity (Wildman–Crippen MR) is 85.2 cm³/mol. The molecular weight excluding hydrogens is 292 g/mol. The van der Waals surface area contributed by atoms with E-state index in [1.807, 2.05) is 24.3 Å². The van der Waals surface area contributed by atoms with Crippen molar-refractivity contribution in [3.8, 4) is 5.75 Å². The number of carbonyl (C=O) groups is 1. The fraction of sp³-hybridized carbons (Fsp3) is 0.353. The van der Waals surface area contributed by atoms with Crippen LogP contribution < -0.4 is 10.1 Å². The summed E-state index contributed by atoms with van der Waals surface area (Å²) in [6.45, 7) is 2.10. The van der Waals surface area contributed by atoms with Gasteiger partial charge in [0, 0.05) is 17.7 Å². The topological polar surface area (TPSA) is 69.0 Å². The summed E-state index contributed by atoms with van der Waals surface area (Å²) in [4.78, 5) is 17.0. The lowest BCUT2D eigenvalue weighted by Gasteiger charge is -2.34. The van der Waals surface area contributed by atoms with Gasteiger partial charge in [0.25, 0.3) is 0 Å². The highest BCUT2D eigenvalue weighted by Gasteiger charge is 2.37. The maximum atomic E-state index is 12.7. The van der Waals surface area contributed by atoms with E-state index in [1.165, 1.54) is 6.33 Å². The summed E-state index contributed by atoms with van der Waals surface area (Å²) < 4.78 is 7.01. The number of ketones is 1. The Morgan fingerprint density at radius 2 is 2.04 bits per heavy atom. The Morgan fingerprint density at radius 1 is 1.26 bits per heavy atom. The zero-order valence-electron chi connectivity index (χ0n) is 13.1. The normalized spacial score (nSPS) is 23.1. The first-order valence-corrected chi connectivity index (χ1v) is 7.74. The number of rotatable bonds is 2. The van der Waals surface area contributed by atoms with Crippen molar-refractivity contribution in [1.29, 1.82) is 0 Å². The van der Waals surface area contributed by atoms with E-state index in [2.05, 4.69) is 22.3 Å². The molecule has 0 unspecified atom stereocenters. The molecule has 6 heteroatoms. The molecule has 2 atom stereocenters. The molecule has 1 aliphatic carbocycles. The number of methoxy groups -OCH3 is 1. The van der Waals surface area contributed by atoms with E-state index in [0.29, 0.717) is 18.3 Å². The number of allylic oxidation sites excluding steroid dienone is 2. The number of ether oxygens (including phenoxy) is 1. The number of benzene rings is 1. The fourth-order valence-electron chi connectivity index (χ4n) is 3.44. The van der Waals surface area contributed by atoms with E-state index < -0.39 is 0 Å². The molecule has 1 aromatic heterocycles. The molecule has 4 rings (SSSR count). The van der Waals surface area contributed by atoms with Gasteiger partial charge in [-0.1, -0.05) is 19.1 Å². The number of hydrogen-bond donors (Lipinski definition) is 1. The Balaban J connectivity index is 1.85. The third-order valence-electron chi connectivity index (χ3n) is 4.50. The molecule has 2 heterocycles. The number of nitrogens with zero attached hydrogens (tertiary/aromatic N) is 3. The average Bonchev–Trinajstić information content (AvgIpc) is 3.00. The van der Waals surface area contributed by atoms with Crippen LogP contribution in [0.5, 0.6) is 5.75 Å². The van der Waals surface area contributed by atoms with Crippen LogP contribution in [0.4, 0.5) is 5.95 Å². The Hall–Kier alpha value is -2.63. The van der Waals surface area contributed by atoms with Crippen LogP contribution in [0.15, 0.2) is 41.9 Å². The summed E-state index contributed by atoms with van der Waals surface area (Å²) in [5.74, 6) is 2.01. The van der Waals surface area contributed by atoms with Gasteiger partial charge < -0.3 is 10.1 Å². The maximum Gasteiger partial charge on any atom is 0.226 e. The third kappa shape index (κ3) is 2.21. The molecule has 2 aromatic rings. The van der Waals surface area contributed by atoms with Crippen LogP contribution in [0.2, 0.25) is 0 Å². The van der Waals surface area contributed by atoms with Gasteiger partial charge in [-0.3, -0.25) is 4.79 Å². The first-order chi connectivity index (χ1) is 11.2. The quantitative estimate of drug-likeness (QED) is 0.923. The number of fused-ring (bicyclic) bond motifs is 1. The lowest BCUT2D eigenvalue weighted by Crippen LogP contribution is -2.33. The number of hydrogen-bond acceptors (Lipinski definition) is 5. The van der Waals surface area contributed by atoms with Gasteiger partial charge in [-0.05, 0) is 30.0 Å². The van der Waals surface area contributed by atoms with E-state index >= 15 is 0 Å². The van der Waals surface area contributed by atoms with Crippen molar-refractivity contribution in [3.05, 3.63) is 47.4 Å². The van der Waals surface area contributed by atoms with Crippen LogP contribution in [0, 0.1) is 5.92 Å². The molecular formula is C17H18N4O2. The van der Waals surface area contributed by atoms with Crippen LogP contribution in [0.25, 0.3) is 0 Å². The van der Waals surface area contributed by atoms with Gasteiger partial charge in [-0.25, -0.2) is 4.68 Å². The van der Waals surface area contributed by atoms with E-state index in [4.69, 9.17) is 4.74 Å². The minimum Gasteiger partial charge on any atom is -0.497 e. The van der Waals surface area contributed by atoms with Crippen molar-refractivity contribution in [2.75, 3.05) is 12.4 Å². The second-order valence-corrected chi connectivity index (χ2v) is 6.16. The summed E-state index contributed by atoms with van der Waals surface area (Å²) in [7, 11) is 1.64. The SMILES string of the molecule is COc1ccc([C@H]2C3=C(C[C@@H](C)CC3=O)Nc3ncnn32)cc1. The van der Waals surface area contributed by atoms with Crippen LogP contribution in [0.3, 0.4) is 0 Å². The maximum absolute atomic E-state index is 12.7. The average molecular weight is 310 g/mol. The van der Waals surface area contributed by atoms with Crippen molar-refractivity contribution >= 4 is 11.7 Å². The smallest absolute Gasteiger partial charge is 0.226 e. The minimum absolute atomic E-state index is 0.188. The molecule has 0 fully saturated rings. The summed E-state index contributed by atoms with van der Waals surface area (Å²) in [5.41, 5.74) is 2.80. The van der Waals surface area contributed by atoms with Crippen molar-refractivity contribution in [3.63, 3.8) is 0 Å². The number of carbonyl (C=O) groups excluding carboxylic acids is 1. The third-order valence-corrected chi connectivity index (χ3v) is 4.50. The molecule has 6 nitrogen and oxygen atoms in total. The molecule has 1 aromatic carbocycles. The van der Waals surface area contributed by atoms with Crippen molar-refractivity contribution in [2.45, 2.75) is 25.8 Å². The van der Waals surface area contributed by atoms with Gasteiger partial charge in [-0.15, -0.1) is 0 Å². The highest BCUT2D eigenvalue weighted by atomic mass is 16.5. The van der Waals surface area contributed by atoms with E-state index in [0.717, 1.165) is 29.0 Å². The molecule has 118 valence electrons. The molecule has 0 amide bonds. The Kier molecular flexibility index (Phi) is 3.18. The zero-order valence-corrected chi connectivity index (χ0v) is 13.1. The number of Topliss-reactive ketones (excluding diaryl/α,β-unsaturated/α-hetero) is 1. The number of anilines is 1. The monoisotopic (exact) mass is 310 g/mol. The minimum atomic E-state index is -0.227. The van der Waals surface area contributed by atoms with Crippen molar-refractivity contribution in [2.24, 2.45) is 5.92 Å². The lowest BCUT2D eigenvalue weighted by molar-refractivity contribution is -0.117. The highest BCUT2D eigenvalue weighted by molar-refractivity contribution is 5.99. The second-order valence-electron chi connectivity index (χ2n) is 6.16. The Bertz CT molecular complexity index is 791. The van der Waals surface area contributed by atoms with Crippen LogP contribution in [-0.2, 0) is 4.79 Å². The summed E-state index contributed by atoms with van der Waals surface area (Å²) in [6.07, 6.45) is 2.96. The molecule has 1 N–H and O–H groups in total. The first kappa shape index (κ1) is 14.0. The van der Waals surface area contributed by atoms with E-state index in [1.54, 1.807) is 11.8 Å². The van der Waals surface area contributed by atoms with Gasteiger partial charge in [0.15, 0.2) is 5.78 Å². The van der Waals surface area contributed by atoms with Gasteiger partial charge in [0.05, 0.1) is 7.11 Å². The van der Waals surface area contributed by atoms with E-state index in [-0.39, 0.29) is 11.8 Å². The second kappa shape index (κ2) is 5.22. The molecule has 0 radical (unpaired) electrons. The van der Waals surface area contributed by atoms with Gasteiger partial charge in [-0.2, -0.15) is 10.1 Å². The Morgan fingerprint density at radius 3 is 2.78 bits per heavy atom. The van der Waals surface area contributed by atoms with Crippen molar-refractivity contribution < 1.29 is 9.53 Å². The van der Waals surface area contributed by atoms with Gasteiger partial charge >= 0.3 is 0 Å². The van der Waals surface area contributed by atoms with E-state index in [9.17, 15) is 4.79 Å². The van der Waals surface area contributed by atoms with Crippen LogP contribution in [0.1, 0.15) is 31.4 Å². The summed E-state index contributed by atoms with van der Waals surface area (Å²) in [5, 5.41) is 7.61. The largest absolute Gasteiger partial charge is 0.497 e. The zero-order chi connectivity index (χ0) is 16.0. The van der Waals surface area contributed by atoms with Crippen LogP contribution >= 0.6 is 0 Å². The fourth-order valence-corrected chi connectivity index (χ4v) is 3.44. The van der Waals surface area contributed by atoms with Crippen LogP contribution in [-0.4, -0.2) is 27.7 Å². The molecule has 0 spiro atoms. The molecule has 0 saturated carbocycles. The standard InChI is InChI=1S/C17H18N4O2/c1-10-7-13-15(14(22)8-10)16(21-17(20-13)18-9-19-21)11-3-5-12(23-2)6-4-11/h3-6,9-10,16H,7-8H2,1-2H3,(H,18,19,20)/t10-,16+/m1/s1. The van der Waals surface area contributed by atoms with Gasteiger partial charge in [0.2, 0.25) is 5.95 Å². The first-order valence-electron chi connectivity index (χ1n) is 7.74. The van der Waals surface area contributed by atoms with Crippen molar-refractivity contribution in [1.82, 2.24) is 14.8 Å². The summed E-state index contributed by atoms with van der Waals surface area (Å²) in [6, 6.07) is 7.55. The molecule has 1 aliphatic heterocycles. The Labute approximate surface area is 134 Å². The van der Waals surface area contributed by atoms with Gasteiger partial charge in [0.1, 0.15) is 18.1 Å². The highest BCUT2D eigenvalue weighted by Crippen LogP contribution is 2.41. The molecule has 2 aliphatic rings. The lowest BCUT2D eigenvalue weighted by atomic mass is 9.81. The molecule has 0 saturated heterocycles. The summed E-state index contributed by atoms with van der Waals surface area (Å²) >= 11 is 0. The predicted octanol–water partition coefficient (Wildman–Crippen LogP) is 2.55. The molecule has 23 heavy (non-hydrogen) atoms. The number of nitrogens with one attached hydrogen (secondary N) is 1.